The number of benzene rings is 2. The fourth-order valence-corrected chi connectivity index (χ4v) is 7.18. The number of hydrogen-bond donors (Lipinski definition) is 0. The Bertz CT molecular complexity index is 1470. The van der Waals surface area contributed by atoms with Gasteiger partial charge in [0.1, 0.15) is 16.4 Å². The third kappa shape index (κ3) is 5.00. The first-order valence-corrected chi connectivity index (χ1v) is 14.9. The van der Waals surface area contributed by atoms with E-state index < -0.39 is 16.0 Å². The molecule has 0 aromatic heterocycles. The Hall–Kier alpha value is -2.71. The van der Waals surface area contributed by atoms with E-state index in [0.717, 1.165) is 5.56 Å². The first-order chi connectivity index (χ1) is 17.7. The molecular weight excluding hydrogens is 568 g/mol. The highest BCUT2D eigenvalue weighted by molar-refractivity contribution is 9.10. The van der Waals surface area contributed by atoms with Gasteiger partial charge in [-0.25, -0.2) is 0 Å². The van der Waals surface area contributed by atoms with Crippen LogP contribution in [-0.2, 0) is 24.4 Å². The van der Waals surface area contributed by atoms with Gasteiger partial charge in [0.05, 0.1) is 4.47 Å². The summed E-state index contributed by atoms with van der Waals surface area (Å²) in [5, 5.41) is 0. The lowest BCUT2D eigenvalue weighted by atomic mass is 9.65. The Balaban J connectivity index is 1.57. The first kappa shape index (κ1) is 26.9. The first-order valence-electron chi connectivity index (χ1n) is 12.7. The van der Waals surface area contributed by atoms with Crippen molar-refractivity contribution in [1.82, 2.24) is 0 Å². The minimum Gasteiger partial charge on any atom is -0.465 e. The number of allylic oxidation sites excluding steroid dienone is 4. The van der Waals surface area contributed by atoms with E-state index >= 15 is 0 Å². The van der Waals surface area contributed by atoms with Crippen molar-refractivity contribution in [3.8, 4) is 5.75 Å². The van der Waals surface area contributed by atoms with Gasteiger partial charge in [-0.15, -0.1) is 0 Å². The number of Topliss-reactive ketones (excluding diaryl/α,β-unsaturated/α-hetero) is 2. The van der Waals surface area contributed by atoms with Crippen LogP contribution >= 0.6 is 15.9 Å². The topological polar surface area (TPSA) is 86.7 Å². The van der Waals surface area contributed by atoms with Crippen LogP contribution in [0.1, 0.15) is 70.4 Å². The molecule has 6 nitrogen and oxygen atoms in total. The molecule has 0 fully saturated rings. The maximum atomic E-state index is 13.5. The van der Waals surface area contributed by atoms with Gasteiger partial charge in [-0.3, -0.25) is 9.59 Å². The Kier molecular flexibility index (Phi) is 6.50. The van der Waals surface area contributed by atoms with Gasteiger partial charge in [0.15, 0.2) is 17.3 Å². The fourth-order valence-electron chi connectivity index (χ4n) is 5.64. The number of ether oxygens (including phenoxy) is 1. The summed E-state index contributed by atoms with van der Waals surface area (Å²) in [5.74, 6) is 0.780. The maximum Gasteiger partial charge on any atom is 0.339 e. The van der Waals surface area contributed by atoms with Crippen LogP contribution in [0.5, 0.6) is 5.75 Å². The van der Waals surface area contributed by atoms with Gasteiger partial charge in [-0.05, 0) is 63.5 Å². The van der Waals surface area contributed by atoms with Gasteiger partial charge < -0.3 is 8.92 Å². The zero-order valence-electron chi connectivity index (χ0n) is 22.2. The van der Waals surface area contributed by atoms with Crippen molar-refractivity contribution in [3.05, 3.63) is 80.7 Å². The van der Waals surface area contributed by atoms with Gasteiger partial charge >= 0.3 is 10.1 Å². The summed E-state index contributed by atoms with van der Waals surface area (Å²) in [5.41, 5.74) is 2.23. The summed E-state index contributed by atoms with van der Waals surface area (Å²) >= 11 is 3.47. The molecule has 5 rings (SSSR count). The number of aryl methyl sites for hydroxylation is 1. The van der Waals surface area contributed by atoms with Crippen LogP contribution in [0.15, 0.2) is 74.5 Å². The van der Waals surface area contributed by atoms with Crippen LogP contribution in [0, 0.1) is 17.8 Å². The van der Waals surface area contributed by atoms with E-state index in [2.05, 4.69) is 15.9 Å². The number of carbonyl (C=O) groups is 2. The molecule has 0 saturated carbocycles. The van der Waals surface area contributed by atoms with E-state index in [1.54, 1.807) is 30.3 Å². The second kappa shape index (κ2) is 9.19. The molecule has 1 heterocycles. The van der Waals surface area contributed by atoms with Crippen LogP contribution in [-0.4, -0.2) is 20.0 Å². The molecule has 0 unspecified atom stereocenters. The van der Waals surface area contributed by atoms with E-state index in [4.69, 9.17) is 8.92 Å². The van der Waals surface area contributed by atoms with Crippen LogP contribution < -0.4 is 4.18 Å². The van der Waals surface area contributed by atoms with Gasteiger partial charge in [0.25, 0.3) is 0 Å². The van der Waals surface area contributed by atoms with Crippen molar-refractivity contribution in [2.75, 3.05) is 0 Å². The number of carbonyl (C=O) groups excluding carboxylic acids is 2. The zero-order chi connectivity index (χ0) is 27.6. The normalized spacial score (nSPS) is 21.1. The summed E-state index contributed by atoms with van der Waals surface area (Å²) in [6.45, 7) is 10.1. The molecule has 1 aliphatic heterocycles. The second-order valence-corrected chi connectivity index (χ2v) is 14.5. The third-order valence-electron chi connectivity index (χ3n) is 7.38. The summed E-state index contributed by atoms with van der Waals surface area (Å²) < 4.78 is 37.9. The molecule has 0 bridgehead atoms. The van der Waals surface area contributed by atoms with Gasteiger partial charge in [0, 0.05) is 42.7 Å². The highest BCUT2D eigenvalue weighted by Crippen LogP contribution is 2.53. The quantitative estimate of drug-likeness (QED) is 0.355. The summed E-state index contributed by atoms with van der Waals surface area (Å²) in [4.78, 5) is 27.0. The van der Waals surface area contributed by atoms with E-state index in [0.29, 0.717) is 58.4 Å². The van der Waals surface area contributed by atoms with Crippen molar-refractivity contribution in [1.29, 1.82) is 0 Å². The maximum absolute atomic E-state index is 13.5. The molecule has 0 amide bonds. The molecule has 0 saturated heterocycles. The molecule has 0 atom stereocenters. The lowest BCUT2D eigenvalue weighted by molar-refractivity contribution is -0.120. The third-order valence-corrected chi connectivity index (χ3v) is 9.25. The monoisotopic (exact) mass is 598 g/mol. The van der Waals surface area contributed by atoms with Crippen molar-refractivity contribution < 1.29 is 26.9 Å². The van der Waals surface area contributed by atoms with Crippen molar-refractivity contribution >= 4 is 37.6 Å². The van der Waals surface area contributed by atoms with Gasteiger partial charge in [-0.1, -0.05) is 51.5 Å². The van der Waals surface area contributed by atoms with Gasteiger partial charge in [-0.2, -0.15) is 8.42 Å². The molecule has 0 N–H and O–H groups in total. The molecular formula is C30H31BrO6S. The van der Waals surface area contributed by atoms with Crippen LogP contribution in [0.25, 0.3) is 0 Å². The Morgan fingerprint density at radius 2 is 1.37 bits per heavy atom. The zero-order valence-corrected chi connectivity index (χ0v) is 24.6. The lowest BCUT2D eigenvalue weighted by Crippen LogP contribution is -2.37. The average molecular weight is 600 g/mol. The Labute approximate surface area is 232 Å². The molecule has 2 aromatic carbocycles. The highest BCUT2D eigenvalue weighted by Gasteiger charge is 2.47. The number of hydrogen-bond acceptors (Lipinski definition) is 6. The van der Waals surface area contributed by atoms with Crippen LogP contribution in [0.2, 0.25) is 0 Å². The van der Waals surface area contributed by atoms with Crippen molar-refractivity contribution in [2.45, 2.75) is 71.1 Å². The molecule has 3 aliphatic rings. The van der Waals surface area contributed by atoms with Crippen LogP contribution in [0.3, 0.4) is 0 Å². The largest absolute Gasteiger partial charge is 0.465 e. The summed E-state index contributed by atoms with van der Waals surface area (Å²) in [6, 6.07) is 11.5. The molecule has 2 aliphatic carbocycles. The molecule has 2 aromatic rings. The Morgan fingerprint density at radius 1 is 0.842 bits per heavy atom. The smallest absolute Gasteiger partial charge is 0.339 e. The minimum absolute atomic E-state index is 0.0242. The predicted octanol–water partition coefficient (Wildman–Crippen LogP) is 6.93. The Morgan fingerprint density at radius 3 is 1.87 bits per heavy atom. The SMILES string of the molecule is Cc1ccc(S(=O)(=O)Oc2ccc(C3C4=C(CC(C)(C)CC4=O)OC4=C3C(=O)CC(C)(C)C4)cc2Br)cc1. The number of rotatable bonds is 4. The van der Waals surface area contributed by atoms with Gasteiger partial charge in [0.2, 0.25) is 0 Å². The second-order valence-electron chi connectivity index (χ2n) is 12.1. The molecule has 8 heteroatoms. The number of ketones is 2. The predicted molar refractivity (Wildman–Crippen MR) is 147 cm³/mol. The lowest BCUT2D eigenvalue weighted by Gasteiger charge is -2.42. The molecule has 38 heavy (non-hydrogen) atoms. The molecule has 200 valence electrons. The van der Waals surface area contributed by atoms with Crippen molar-refractivity contribution in [3.63, 3.8) is 0 Å². The summed E-state index contributed by atoms with van der Waals surface area (Å²) in [6.07, 6.45) is 1.94. The molecule has 0 radical (unpaired) electrons. The highest BCUT2D eigenvalue weighted by atomic mass is 79.9. The standard InChI is InChI=1S/C30H31BrO6S/c1-17-6-9-19(10-7-17)38(34,35)37-23-11-8-18(12-20(23)31)26-27-21(32)13-29(2,3)15-24(27)36-25-16-30(4,5)14-22(33)28(25)26/h6-12,26H,13-16H2,1-5H3. The summed E-state index contributed by atoms with van der Waals surface area (Å²) in [7, 11) is -4.05. The minimum atomic E-state index is -4.05. The number of halogens is 1. The van der Waals surface area contributed by atoms with Crippen LogP contribution in [0.4, 0.5) is 0 Å². The van der Waals surface area contributed by atoms with E-state index in [9.17, 15) is 18.0 Å². The average Bonchev–Trinajstić information content (AvgIpc) is 2.77. The van der Waals surface area contributed by atoms with Crippen molar-refractivity contribution in [2.24, 2.45) is 10.8 Å². The van der Waals surface area contributed by atoms with E-state index in [1.165, 1.54) is 12.1 Å². The fraction of sp³-hybridized carbons (Fsp3) is 0.400. The van der Waals surface area contributed by atoms with E-state index in [1.807, 2.05) is 34.6 Å². The molecule has 0 spiro atoms. The van der Waals surface area contributed by atoms with E-state index in [-0.39, 0.29) is 33.0 Å².